The highest BCUT2D eigenvalue weighted by molar-refractivity contribution is 14.1. The SMILES string of the molecule is NC(c1ccc(C2CCCCC2)cc1)c1cccc(I)c1. The van der Waals surface area contributed by atoms with E-state index < -0.39 is 0 Å². The lowest BCUT2D eigenvalue weighted by Gasteiger charge is -2.22. The number of hydrogen-bond donors (Lipinski definition) is 1. The van der Waals surface area contributed by atoms with Crippen molar-refractivity contribution in [2.24, 2.45) is 5.73 Å². The van der Waals surface area contributed by atoms with Crippen molar-refractivity contribution < 1.29 is 0 Å². The maximum Gasteiger partial charge on any atom is 0.0552 e. The topological polar surface area (TPSA) is 26.0 Å². The molecule has 110 valence electrons. The molecule has 0 spiro atoms. The summed E-state index contributed by atoms with van der Waals surface area (Å²) >= 11 is 2.34. The first-order valence-electron chi connectivity index (χ1n) is 7.85. The van der Waals surface area contributed by atoms with Gasteiger partial charge in [0.25, 0.3) is 0 Å². The Morgan fingerprint density at radius 1 is 0.905 bits per heavy atom. The van der Waals surface area contributed by atoms with E-state index in [4.69, 9.17) is 5.73 Å². The van der Waals surface area contributed by atoms with Crippen LogP contribution in [0.1, 0.15) is 60.8 Å². The maximum atomic E-state index is 6.41. The second-order valence-electron chi connectivity index (χ2n) is 6.03. The number of benzene rings is 2. The Bertz CT molecular complexity index is 585. The normalized spacial score (nSPS) is 17.6. The Labute approximate surface area is 141 Å². The molecule has 2 aromatic carbocycles. The minimum Gasteiger partial charge on any atom is -0.320 e. The van der Waals surface area contributed by atoms with Gasteiger partial charge < -0.3 is 5.73 Å². The number of rotatable bonds is 3. The zero-order chi connectivity index (χ0) is 14.7. The van der Waals surface area contributed by atoms with Crippen molar-refractivity contribution in [1.82, 2.24) is 0 Å². The van der Waals surface area contributed by atoms with Gasteiger partial charge in [-0.2, -0.15) is 0 Å². The van der Waals surface area contributed by atoms with Gasteiger partial charge >= 0.3 is 0 Å². The Morgan fingerprint density at radius 2 is 1.62 bits per heavy atom. The van der Waals surface area contributed by atoms with Crippen molar-refractivity contribution >= 4 is 22.6 Å². The van der Waals surface area contributed by atoms with Gasteiger partial charge in [0.05, 0.1) is 6.04 Å². The molecule has 1 aliphatic rings. The van der Waals surface area contributed by atoms with Gasteiger partial charge in [0.15, 0.2) is 0 Å². The van der Waals surface area contributed by atoms with Crippen molar-refractivity contribution in [3.63, 3.8) is 0 Å². The van der Waals surface area contributed by atoms with Crippen LogP contribution in [-0.4, -0.2) is 0 Å². The molecule has 1 fully saturated rings. The molecule has 1 atom stereocenters. The summed E-state index contributed by atoms with van der Waals surface area (Å²) in [6, 6.07) is 17.4. The van der Waals surface area contributed by atoms with E-state index in [0.29, 0.717) is 0 Å². The van der Waals surface area contributed by atoms with Crippen LogP contribution in [0.5, 0.6) is 0 Å². The average Bonchev–Trinajstić information content (AvgIpc) is 2.55. The van der Waals surface area contributed by atoms with Gasteiger partial charge in [0.2, 0.25) is 0 Å². The third-order valence-electron chi connectivity index (χ3n) is 4.58. The van der Waals surface area contributed by atoms with E-state index in [1.54, 1.807) is 0 Å². The molecule has 0 amide bonds. The van der Waals surface area contributed by atoms with Gasteiger partial charge in [-0.1, -0.05) is 55.7 Å². The van der Waals surface area contributed by atoms with Crippen LogP contribution in [0.2, 0.25) is 0 Å². The molecule has 0 aliphatic heterocycles. The molecule has 2 heteroatoms. The lowest BCUT2D eigenvalue weighted by atomic mass is 9.83. The predicted octanol–water partition coefficient (Wildman–Crippen LogP) is 5.39. The van der Waals surface area contributed by atoms with E-state index in [9.17, 15) is 0 Å². The van der Waals surface area contributed by atoms with E-state index in [-0.39, 0.29) is 6.04 Å². The monoisotopic (exact) mass is 391 g/mol. The Balaban J connectivity index is 1.77. The first-order valence-corrected chi connectivity index (χ1v) is 8.93. The number of nitrogens with two attached hydrogens (primary N) is 1. The lowest BCUT2D eigenvalue weighted by Crippen LogP contribution is -2.12. The van der Waals surface area contributed by atoms with Crippen molar-refractivity contribution in [1.29, 1.82) is 0 Å². The molecule has 0 heterocycles. The van der Waals surface area contributed by atoms with Crippen molar-refractivity contribution in [2.75, 3.05) is 0 Å². The van der Waals surface area contributed by atoms with Gasteiger partial charge in [0, 0.05) is 3.57 Å². The smallest absolute Gasteiger partial charge is 0.0552 e. The minimum absolute atomic E-state index is 0.0277. The maximum absolute atomic E-state index is 6.41. The predicted molar refractivity (Wildman–Crippen MR) is 97.5 cm³/mol. The van der Waals surface area contributed by atoms with Crippen LogP contribution in [0.15, 0.2) is 48.5 Å². The molecule has 1 aliphatic carbocycles. The second-order valence-corrected chi connectivity index (χ2v) is 7.28. The molecular weight excluding hydrogens is 369 g/mol. The number of hydrogen-bond acceptors (Lipinski definition) is 1. The molecule has 3 rings (SSSR count). The first kappa shape index (κ1) is 15.0. The zero-order valence-electron chi connectivity index (χ0n) is 12.3. The minimum atomic E-state index is -0.0277. The van der Waals surface area contributed by atoms with Crippen molar-refractivity contribution in [2.45, 2.75) is 44.1 Å². The van der Waals surface area contributed by atoms with Crippen LogP contribution in [0.25, 0.3) is 0 Å². The highest BCUT2D eigenvalue weighted by Crippen LogP contribution is 2.33. The van der Waals surface area contributed by atoms with Gasteiger partial charge in [0.1, 0.15) is 0 Å². The molecule has 0 bridgehead atoms. The van der Waals surface area contributed by atoms with E-state index in [1.165, 1.54) is 52.4 Å². The second kappa shape index (κ2) is 6.93. The molecule has 1 unspecified atom stereocenters. The molecule has 0 saturated heterocycles. The van der Waals surface area contributed by atoms with E-state index in [2.05, 4.69) is 71.1 Å². The summed E-state index contributed by atoms with van der Waals surface area (Å²) in [5, 5.41) is 0. The van der Waals surface area contributed by atoms with Crippen molar-refractivity contribution in [3.8, 4) is 0 Å². The molecule has 2 N–H and O–H groups in total. The fraction of sp³-hybridized carbons (Fsp3) is 0.368. The molecule has 1 saturated carbocycles. The fourth-order valence-electron chi connectivity index (χ4n) is 3.30. The molecule has 0 aromatic heterocycles. The Hall–Kier alpha value is -0.870. The third kappa shape index (κ3) is 3.67. The van der Waals surface area contributed by atoms with Gasteiger partial charge in [-0.15, -0.1) is 0 Å². The quantitative estimate of drug-likeness (QED) is 0.698. The van der Waals surface area contributed by atoms with Crippen LogP contribution in [0.3, 0.4) is 0 Å². The zero-order valence-corrected chi connectivity index (χ0v) is 14.4. The summed E-state index contributed by atoms with van der Waals surface area (Å²) < 4.78 is 1.24. The Morgan fingerprint density at radius 3 is 2.29 bits per heavy atom. The van der Waals surface area contributed by atoms with Crippen LogP contribution in [0, 0.1) is 3.57 Å². The summed E-state index contributed by atoms with van der Waals surface area (Å²) in [6.45, 7) is 0. The van der Waals surface area contributed by atoms with Gasteiger partial charge in [-0.3, -0.25) is 0 Å². The fourth-order valence-corrected chi connectivity index (χ4v) is 3.87. The van der Waals surface area contributed by atoms with Crippen LogP contribution in [-0.2, 0) is 0 Å². The summed E-state index contributed by atoms with van der Waals surface area (Å²) in [5.41, 5.74) is 10.3. The summed E-state index contributed by atoms with van der Waals surface area (Å²) in [5.74, 6) is 0.765. The van der Waals surface area contributed by atoms with E-state index >= 15 is 0 Å². The van der Waals surface area contributed by atoms with Gasteiger partial charge in [-0.05, 0) is 70.2 Å². The van der Waals surface area contributed by atoms with E-state index in [0.717, 1.165) is 5.92 Å². The van der Waals surface area contributed by atoms with Gasteiger partial charge in [-0.25, -0.2) is 0 Å². The summed E-state index contributed by atoms with van der Waals surface area (Å²) in [6.07, 6.45) is 6.87. The largest absolute Gasteiger partial charge is 0.320 e. The molecule has 2 aromatic rings. The molecule has 21 heavy (non-hydrogen) atoms. The average molecular weight is 391 g/mol. The van der Waals surface area contributed by atoms with Crippen LogP contribution in [0.4, 0.5) is 0 Å². The van der Waals surface area contributed by atoms with Crippen LogP contribution < -0.4 is 5.73 Å². The molecular formula is C19H22IN. The van der Waals surface area contributed by atoms with Crippen LogP contribution >= 0.6 is 22.6 Å². The summed E-state index contributed by atoms with van der Waals surface area (Å²) in [4.78, 5) is 0. The highest BCUT2D eigenvalue weighted by atomic mass is 127. The molecule has 1 nitrogen and oxygen atoms in total. The first-order chi connectivity index (χ1) is 10.2. The Kier molecular flexibility index (Phi) is 4.96. The number of halogens is 1. The standard InChI is InChI=1S/C19H22IN/c20-18-8-4-7-17(13-18)19(21)16-11-9-15(10-12-16)14-5-2-1-3-6-14/h4,7-14,19H,1-3,5-6,21H2. The highest BCUT2D eigenvalue weighted by Gasteiger charge is 2.16. The molecule has 0 radical (unpaired) electrons. The van der Waals surface area contributed by atoms with Crippen molar-refractivity contribution in [3.05, 3.63) is 68.8 Å². The van der Waals surface area contributed by atoms with E-state index in [1.807, 2.05) is 0 Å². The summed E-state index contributed by atoms with van der Waals surface area (Å²) in [7, 11) is 0. The lowest BCUT2D eigenvalue weighted by molar-refractivity contribution is 0.443. The third-order valence-corrected chi connectivity index (χ3v) is 5.25.